The van der Waals surface area contributed by atoms with E-state index in [1.54, 1.807) is 23.1 Å². The van der Waals surface area contributed by atoms with Gasteiger partial charge in [0.05, 0.1) is 5.38 Å². The Bertz CT molecular complexity index is 914. The van der Waals surface area contributed by atoms with Gasteiger partial charge in [-0.15, -0.1) is 4.57 Å². The summed E-state index contributed by atoms with van der Waals surface area (Å²) in [5.74, 6) is 0.0608. The van der Waals surface area contributed by atoms with E-state index in [1.165, 1.54) is 5.56 Å². The molecular weight excluding hydrogens is 358 g/mol. The van der Waals surface area contributed by atoms with Gasteiger partial charge in [-0.3, -0.25) is 0 Å². The predicted octanol–water partition coefficient (Wildman–Crippen LogP) is 1.80. The minimum Gasteiger partial charge on any atom is -1.00 e. The molecule has 0 atom stereocenters. The molecule has 3 aromatic rings. The molecule has 1 aromatic heterocycles. The number of allylic oxidation sites excluding steroid dienone is 1. The van der Waals surface area contributed by atoms with Gasteiger partial charge in [-0.05, 0) is 30.7 Å². The average Bonchev–Trinajstić information content (AvgIpc) is 3.12. The predicted molar refractivity (Wildman–Crippen MR) is 95.6 cm³/mol. The zero-order valence-corrected chi connectivity index (χ0v) is 15.3. The molecule has 0 saturated heterocycles. The number of rotatable bonds is 2. The number of carbonyl (C=O) groups excluding carboxylic acids is 1. The topological polar surface area (TPSA) is 20.9 Å². The van der Waals surface area contributed by atoms with E-state index in [4.69, 9.17) is 0 Å². The maximum Gasteiger partial charge on any atom is 0.433 e. The lowest BCUT2D eigenvalue weighted by molar-refractivity contribution is -0.588. The van der Waals surface area contributed by atoms with Gasteiger partial charge in [0, 0.05) is 17.3 Å². The van der Waals surface area contributed by atoms with Crippen LogP contribution >= 0.6 is 23.1 Å². The maximum absolute atomic E-state index is 12.8. The first kappa shape index (κ1) is 17.0. The first-order valence-electron chi connectivity index (χ1n) is 7.32. The van der Waals surface area contributed by atoms with Crippen molar-refractivity contribution >= 4 is 35.1 Å². The minimum absolute atomic E-state index is 0. The number of nitrogens with zero attached hydrogens (tertiary/aromatic N) is 1. The molecule has 0 spiro atoms. The standard InChI is InChI=1S/C19H14NOS2.ClH/c1-13-7-9-14(10-8-13)11-17-18(21)20-16(12-22-19(20)23-17)15-5-3-2-4-6-15;/h2-12H,1H3;1H/q+1;/p-1/b17-11+;. The van der Waals surface area contributed by atoms with E-state index in [0.717, 1.165) is 26.1 Å². The van der Waals surface area contributed by atoms with Crippen molar-refractivity contribution in [2.75, 3.05) is 0 Å². The number of fused-ring (bicyclic) bond motifs is 1. The van der Waals surface area contributed by atoms with Crippen molar-refractivity contribution in [3.05, 3.63) is 76.0 Å². The van der Waals surface area contributed by atoms with Gasteiger partial charge in [0.15, 0.2) is 0 Å². The molecule has 0 fully saturated rings. The van der Waals surface area contributed by atoms with Gasteiger partial charge in [-0.2, -0.15) is 0 Å². The number of halogens is 1. The van der Waals surface area contributed by atoms with Crippen molar-refractivity contribution in [1.82, 2.24) is 0 Å². The van der Waals surface area contributed by atoms with Crippen LogP contribution in [0.2, 0.25) is 0 Å². The molecule has 0 unspecified atom stereocenters. The van der Waals surface area contributed by atoms with Gasteiger partial charge in [0.1, 0.15) is 4.91 Å². The number of thiazole rings is 1. The Kier molecular flexibility index (Phi) is 4.90. The van der Waals surface area contributed by atoms with E-state index < -0.39 is 0 Å². The van der Waals surface area contributed by atoms with Crippen LogP contribution in [-0.4, -0.2) is 5.91 Å². The fourth-order valence-electron chi connectivity index (χ4n) is 2.53. The molecule has 0 saturated carbocycles. The van der Waals surface area contributed by atoms with Crippen LogP contribution in [0.3, 0.4) is 0 Å². The highest BCUT2D eigenvalue weighted by Gasteiger charge is 2.40. The van der Waals surface area contributed by atoms with E-state index in [-0.39, 0.29) is 18.3 Å². The molecule has 2 heterocycles. The monoisotopic (exact) mass is 371 g/mol. The molecule has 120 valence electrons. The highest BCUT2D eigenvalue weighted by molar-refractivity contribution is 8.05. The van der Waals surface area contributed by atoms with Crippen LogP contribution in [0.15, 0.2) is 69.2 Å². The first-order valence-corrected chi connectivity index (χ1v) is 9.02. The lowest BCUT2D eigenvalue weighted by Gasteiger charge is -1.96. The van der Waals surface area contributed by atoms with Crippen LogP contribution in [0.1, 0.15) is 15.9 Å². The second kappa shape index (κ2) is 6.93. The van der Waals surface area contributed by atoms with Gasteiger partial charge in [0.25, 0.3) is 0 Å². The third-order valence-corrected chi connectivity index (χ3v) is 5.88. The van der Waals surface area contributed by atoms with Crippen molar-refractivity contribution in [3.8, 4) is 11.3 Å². The van der Waals surface area contributed by atoms with Gasteiger partial charge < -0.3 is 12.4 Å². The third kappa shape index (κ3) is 3.05. The number of aryl methyl sites for hydroxylation is 1. The van der Waals surface area contributed by atoms with Crippen molar-refractivity contribution < 1.29 is 21.8 Å². The Morgan fingerprint density at radius 1 is 1.00 bits per heavy atom. The molecule has 0 radical (unpaired) electrons. The van der Waals surface area contributed by atoms with Crippen LogP contribution in [0.25, 0.3) is 17.3 Å². The third-order valence-electron chi connectivity index (χ3n) is 3.75. The fraction of sp³-hybridized carbons (Fsp3) is 0.0526. The Morgan fingerprint density at radius 3 is 2.42 bits per heavy atom. The van der Waals surface area contributed by atoms with Crippen LogP contribution in [0.5, 0.6) is 0 Å². The Hall–Kier alpha value is -1.88. The zero-order valence-electron chi connectivity index (χ0n) is 12.9. The van der Waals surface area contributed by atoms with E-state index in [9.17, 15) is 4.79 Å². The van der Waals surface area contributed by atoms with Gasteiger partial charge in [-0.1, -0.05) is 59.4 Å². The van der Waals surface area contributed by atoms with Crippen LogP contribution < -0.4 is 17.0 Å². The molecule has 24 heavy (non-hydrogen) atoms. The van der Waals surface area contributed by atoms with E-state index in [0.29, 0.717) is 0 Å². The molecule has 0 aliphatic carbocycles. The van der Waals surface area contributed by atoms with Gasteiger partial charge in [-0.25, -0.2) is 4.79 Å². The lowest BCUT2D eigenvalue weighted by atomic mass is 10.1. The molecule has 1 aliphatic rings. The summed E-state index contributed by atoms with van der Waals surface area (Å²) < 4.78 is 2.84. The van der Waals surface area contributed by atoms with Crippen LogP contribution in [-0.2, 0) is 0 Å². The quantitative estimate of drug-likeness (QED) is 0.506. The molecular formula is C19H14ClNOS2. The SMILES string of the molecule is Cc1ccc(/C=C2/Sc3scc(-c4ccccc4)[n+]3C2=O)cc1.[Cl-]. The van der Waals surface area contributed by atoms with Crippen molar-refractivity contribution in [3.63, 3.8) is 0 Å². The number of hydrogen-bond acceptors (Lipinski definition) is 3. The summed E-state index contributed by atoms with van der Waals surface area (Å²) in [4.78, 5) is 13.6. The summed E-state index contributed by atoms with van der Waals surface area (Å²) in [5.41, 5.74) is 4.32. The zero-order chi connectivity index (χ0) is 15.8. The van der Waals surface area contributed by atoms with Crippen LogP contribution in [0, 0.1) is 6.92 Å². The van der Waals surface area contributed by atoms with Crippen molar-refractivity contribution in [2.45, 2.75) is 11.3 Å². The molecule has 2 nitrogen and oxygen atoms in total. The summed E-state index contributed by atoms with van der Waals surface area (Å²) in [7, 11) is 0. The van der Waals surface area contributed by atoms with Gasteiger partial charge >= 0.3 is 10.2 Å². The number of carbonyl (C=O) groups is 1. The van der Waals surface area contributed by atoms with Crippen LogP contribution in [0.4, 0.5) is 0 Å². The van der Waals surface area contributed by atoms with Gasteiger partial charge in [0.2, 0.25) is 5.69 Å². The summed E-state index contributed by atoms with van der Waals surface area (Å²) in [6.45, 7) is 2.06. The summed E-state index contributed by atoms with van der Waals surface area (Å²) >= 11 is 3.17. The number of thioether (sulfide) groups is 1. The van der Waals surface area contributed by atoms with E-state index >= 15 is 0 Å². The summed E-state index contributed by atoms with van der Waals surface area (Å²) in [6.07, 6.45) is 1.97. The lowest BCUT2D eigenvalue weighted by Crippen LogP contribution is -3.00. The molecule has 2 aromatic carbocycles. The molecule has 0 bridgehead atoms. The van der Waals surface area contributed by atoms with E-state index in [1.807, 2.05) is 53.1 Å². The summed E-state index contributed by atoms with van der Waals surface area (Å²) in [5, 5.41) is 2.05. The fourth-order valence-corrected chi connectivity index (χ4v) is 4.71. The van der Waals surface area contributed by atoms with E-state index in [2.05, 4.69) is 24.4 Å². The number of aromatic nitrogens is 1. The average molecular weight is 372 g/mol. The molecule has 1 aliphatic heterocycles. The summed E-state index contributed by atoms with van der Waals surface area (Å²) in [6, 6.07) is 18.3. The van der Waals surface area contributed by atoms with Crippen molar-refractivity contribution in [1.29, 1.82) is 0 Å². The molecule has 5 heteroatoms. The molecule has 0 amide bonds. The smallest absolute Gasteiger partial charge is 0.433 e. The number of hydrogen-bond donors (Lipinski definition) is 0. The second-order valence-corrected chi connectivity index (χ2v) is 7.56. The highest BCUT2D eigenvalue weighted by atomic mass is 35.5. The Labute approximate surface area is 155 Å². The number of benzene rings is 2. The first-order chi connectivity index (χ1) is 11.2. The minimum atomic E-state index is 0. The largest absolute Gasteiger partial charge is 1.00 e. The molecule has 4 rings (SSSR count). The molecule has 0 N–H and O–H groups in total. The Balaban J connectivity index is 0.00000169. The second-order valence-electron chi connectivity index (χ2n) is 5.41. The highest BCUT2D eigenvalue weighted by Crippen LogP contribution is 2.37. The Morgan fingerprint density at radius 2 is 1.71 bits per heavy atom. The maximum atomic E-state index is 12.8. The van der Waals surface area contributed by atoms with Crippen molar-refractivity contribution in [2.24, 2.45) is 0 Å². The normalized spacial score (nSPS) is 14.5.